The Morgan fingerprint density at radius 3 is 2.38 bits per heavy atom. The van der Waals surface area contributed by atoms with Crippen molar-refractivity contribution in [3.05, 3.63) is 64.9 Å². The maximum absolute atomic E-state index is 12.0. The van der Waals surface area contributed by atoms with Crippen molar-refractivity contribution in [3.8, 4) is 0 Å². The highest BCUT2D eigenvalue weighted by Gasteiger charge is 2.43. The lowest BCUT2D eigenvalue weighted by Gasteiger charge is -2.08. The van der Waals surface area contributed by atoms with Gasteiger partial charge in [-0.1, -0.05) is 42.5 Å². The molecule has 4 rings (SSSR count). The summed E-state index contributed by atoms with van der Waals surface area (Å²) in [5.74, 6) is -0.476. The van der Waals surface area contributed by atoms with Gasteiger partial charge in [-0.2, -0.15) is 0 Å². The van der Waals surface area contributed by atoms with E-state index in [1.54, 1.807) is 6.92 Å². The highest BCUT2D eigenvalue weighted by molar-refractivity contribution is 6.20. The number of hydrogen-bond donors (Lipinski definition) is 0. The molecule has 0 aliphatic carbocycles. The lowest BCUT2D eigenvalue weighted by Crippen LogP contribution is -2.00. The van der Waals surface area contributed by atoms with Crippen LogP contribution in [-0.4, -0.2) is 11.9 Å². The fraction of sp³-hybridized carbons (Fsp3) is 0.0588. The van der Waals surface area contributed by atoms with Crippen molar-refractivity contribution in [2.75, 3.05) is 0 Å². The van der Waals surface area contributed by atoms with Crippen LogP contribution in [0, 0.1) is 0 Å². The summed E-state index contributed by atoms with van der Waals surface area (Å²) in [6.45, 7) is 1.59. The van der Waals surface area contributed by atoms with Crippen molar-refractivity contribution >= 4 is 28.5 Å². The minimum absolute atomic E-state index is 0.230. The standard InChI is InChI=1S/C17H10O4/c1-9-13-14(17(19)20-9)15(21-16(13)18)12-8-4-6-10-5-2-3-7-11(10)12/h2-8H,1H3. The largest absolute Gasteiger partial charge is 0.427 e. The number of allylic oxidation sites excluding steroid dienone is 1. The molecule has 0 bridgehead atoms. The third-order valence-electron chi connectivity index (χ3n) is 3.71. The van der Waals surface area contributed by atoms with Gasteiger partial charge in [0.15, 0.2) is 5.76 Å². The SMILES string of the molecule is CC1=C2C(=O)OC(c3cccc4ccccc34)=C2C(=O)O1. The molecule has 0 saturated heterocycles. The van der Waals surface area contributed by atoms with E-state index in [-0.39, 0.29) is 16.9 Å². The molecule has 2 aliphatic heterocycles. The Kier molecular flexibility index (Phi) is 2.30. The van der Waals surface area contributed by atoms with Crippen LogP contribution < -0.4 is 0 Å². The molecule has 4 heteroatoms. The molecule has 0 spiro atoms. The first kappa shape index (κ1) is 11.9. The number of cyclic esters (lactones) is 2. The number of fused-ring (bicyclic) bond motifs is 2. The van der Waals surface area contributed by atoms with E-state index in [1.807, 2.05) is 42.5 Å². The molecule has 2 aromatic rings. The first-order valence-electron chi connectivity index (χ1n) is 6.55. The molecule has 2 aliphatic rings. The maximum Gasteiger partial charge on any atom is 0.348 e. The molecule has 102 valence electrons. The van der Waals surface area contributed by atoms with Crippen LogP contribution in [0.3, 0.4) is 0 Å². The zero-order valence-corrected chi connectivity index (χ0v) is 11.2. The summed E-state index contributed by atoms with van der Waals surface area (Å²) in [6.07, 6.45) is 0. The van der Waals surface area contributed by atoms with E-state index < -0.39 is 11.9 Å². The molecule has 0 fully saturated rings. The van der Waals surface area contributed by atoms with Gasteiger partial charge < -0.3 is 9.47 Å². The number of carbonyl (C=O) groups is 2. The van der Waals surface area contributed by atoms with Gasteiger partial charge in [0.1, 0.15) is 16.9 Å². The van der Waals surface area contributed by atoms with Crippen LogP contribution in [0.15, 0.2) is 59.4 Å². The van der Waals surface area contributed by atoms with Gasteiger partial charge in [0.2, 0.25) is 0 Å². The van der Waals surface area contributed by atoms with Gasteiger partial charge in [-0.3, -0.25) is 0 Å². The van der Waals surface area contributed by atoms with Gasteiger partial charge in [-0.25, -0.2) is 9.59 Å². The maximum atomic E-state index is 12.0. The second-order valence-corrected chi connectivity index (χ2v) is 4.94. The lowest BCUT2D eigenvalue weighted by molar-refractivity contribution is -0.133. The Labute approximate surface area is 120 Å². The summed E-state index contributed by atoms with van der Waals surface area (Å²) < 4.78 is 10.4. The average molecular weight is 278 g/mol. The van der Waals surface area contributed by atoms with Gasteiger partial charge >= 0.3 is 11.9 Å². The summed E-state index contributed by atoms with van der Waals surface area (Å²) >= 11 is 0. The molecule has 0 atom stereocenters. The van der Waals surface area contributed by atoms with Crippen LogP contribution >= 0.6 is 0 Å². The van der Waals surface area contributed by atoms with Crippen molar-refractivity contribution < 1.29 is 19.1 Å². The summed E-state index contributed by atoms with van der Waals surface area (Å²) in [4.78, 5) is 24.0. The monoisotopic (exact) mass is 278 g/mol. The number of ether oxygens (including phenoxy) is 2. The second-order valence-electron chi connectivity index (χ2n) is 4.94. The van der Waals surface area contributed by atoms with E-state index in [0.717, 1.165) is 16.3 Å². The molecule has 0 radical (unpaired) electrons. The minimum Gasteiger partial charge on any atom is -0.427 e. The highest BCUT2D eigenvalue weighted by Crippen LogP contribution is 2.41. The van der Waals surface area contributed by atoms with E-state index in [9.17, 15) is 9.59 Å². The number of carbonyl (C=O) groups excluding carboxylic acids is 2. The molecule has 0 N–H and O–H groups in total. The van der Waals surface area contributed by atoms with Gasteiger partial charge in [-0.15, -0.1) is 0 Å². The predicted molar refractivity (Wildman–Crippen MR) is 75.8 cm³/mol. The van der Waals surface area contributed by atoms with Gasteiger partial charge in [-0.05, 0) is 17.7 Å². The lowest BCUT2D eigenvalue weighted by atomic mass is 9.99. The Balaban J connectivity index is 2.04. The first-order chi connectivity index (χ1) is 10.2. The van der Waals surface area contributed by atoms with Crippen molar-refractivity contribution in [1.82, 2.24) is 0 Å². The third kappa shape index (κ3) is 1.56. The zero-order valence-electron chi connectivity index (χ0n) is 11.2. The molecule has 21 heavy (non-hydrogen) atoms. The molecule has 2 heterocycles. The average Bonchev–Trinajstić information content (AvgIpc) is 2.98. The van der Waals surface area contributed by atoms with E-state index in [2.05, 4.69) is 0 Å². The molecule has 0 saturated carbocycles. The van der Waals surface area contributed by atoms with Gasteiger partial charge in [0.25, 0.3) is 0 Å². The first-order valence-corrected chi connectivity index (χ1v) is 6.55. The van der Waals surface area contributed by atoms with E-state index in [1.165, 1.54) is 0 Å². The smallest absolute Gasteiger partial charge is 0.348 e. The van der Waals surface area contributed by atoms with Crippen LogP contribution in [0.2, 0.25) is 0 Å². The Bertz CT molecular complexity index is 881. The molecule has 2 aromatic carbocycles. The van der Waals surface area contributed by atoms with Crippen LogP contribution in [0.25, 0.3) is 16.5 Å². The summed E-state index contributed by atoms with van der Waals surface area (Å²) in [7, 11) is 0. The van der Waals surface area contributed by atoms with Crippen molar-refractivity contribution in [1.29, 1.82) is 0 Å². The Morgan fingerprint density at radius 1 is 0.810 bits per heavy atom. The number of benzene rings is 2. The number of esters is 2. The van der Waals surface area contributed by atoms with E-state index in [4.69, 9.17) is 9.47 Å². The van der Waals surface area contributed by atoms with E-state index >= 15 is 0 Å². The van der Waals surface area contributed by atoms with Gasteiger partial charge in [0.05, 0.1) is 0 Å². The van der Waals surface area contributed by atoms with Crippen LogP contribution in [0.5, 0.6) is 0 Å². The Hall–Kier alpha value is -2.88. The molecular weight excluding hydrogens is 268 g/mol. The molecule has 0 amide bonds. The summed E-state index contributed by atoms with van der Waals surface area (Å²) in [5.41, 5.74) is 1.19. The second kappa shape index (κ2) is 4.06. The van der Waals surface area contributed by atoms with Crippen LogP contribution in [0.1, 0.15) is 12.5 Å². The predicted octanol–water partition coefficient (Wildman–Crippen LogP) is 2.94. The highest BCUT2D eigenvalue weighted by atomic mass is 16.6. The van der Waals surface area contributed by atoms with Crippen molar-refractivity contribution in [2.45, 2.75) is 6.92 Å². The summed E-state index contributed by atoms with van der Waals surface area (Å²) in [5, 5.41) is 1.94. The van der Waals surface area contributed by atoms with Crippen molar-refractivity contribution in [3.63, 3.8) is 0 Å². The molecule has 0 unspecified atom stereocenters. The molecule has 0 aromatic heterocycles. The van der Waals surface area contributed by atoms with E-state index in [0.29, 0.717) is 5.76 Å². The fourth-order valence-corrected chi connectivity index (χ4v) is 2.78. The van der Waals surface area contributed by atoms with Crippen LogP contribution in [-0.2, 0) is 19.1 Å². The quantitative estimate of drug-likeness (QED) is 0.753. The molecule has 4 nitrogen and oxygen atoms in total. The number of rotatable bonds is 1. The third-order valence-corrected chi connectivity index (χ3v) is 3.71. The summed E-state index contributed by atoms with van der Waals surface area (Å²) in [6, 6.07) is 13.4. The topological polar surface area (TPSA) is 52.6 Å². The number of hydrogen-bond acceptors (Lipinski definition) is 4. The van der Waals surface area contributed by atoms with Crippen LogP contribution in [0.4, 0.5) is 0 Å². The zero-order chi connectivity index (χ0) is 14.6. The van der Waals surface area contributed by atoms with Crippen molar-refractivity contribution in [2.24, 2.45) is 0 Å². The normalized spacial score (nSPS) is 17.4. The molecular formula is C17H10O4. The fourth-order valence-electron chi connectivity index (χ4n) is 2.78. The Morgan fingerprint density at radius 2 is 1.52 bits per heavy atom. The minimum atomic E-state index is -0.531. The van der Waals surface area contributed by atoms with Gasteiger partial charge in [0, 0.05) is 5.56 Å².